The number of anilines is 1. The number of hydrogen-bond donors (Lipinski definition) is 2. The smallest absolute Gasteiger partial charge is 0.319 e. The molecule has 2 amide bonds. The summed E-state index contributed by atoms with van der Waals surface area (Å²) in [5.74, 6) is -0.479. The van der Waals surface area contributed by atoms with Crippen molar-refractivity contribution in [1.82, 2.24) is 10.2 Å². The maximum Gasteiger partial charge on any atom is 0.319 e. The first-order chi connectivity index (χ1) is 15.8. The molecule has 0 unspecified atom stereocenters. The Kier molecular flexibility index (Phi) is 6.68. The molecule has 178 valence electrons. The standard InChI is InChI=1S/C24H28ClF2N3O3/c1-30-11-10-24(14-4-7-18(32-2)19(12-14)33-3)9-8-15(13-20(24)30)28-23(31)29-22-17(26)6-5-16(25)21(22)27/h4-7,12,15,20H,8-11,13H2,1-3H3,(H2,28,29,31)/t15-,20+,24+/m1/s1. The van der Waals surface area contributed by atoms with Crippen molar-refractivity contribution in [3.8, 4) is 11.5 Å². The molecule has 0 spiro atoms. The second kappa shape index (κ2) is 9.35. The van der Waals surface area contributed by atoms with E-state index in [0.29, 0.717) is 11.5 Å². The monoisotopic (exact) mass is 479 g/mol. The minimum absolute atomic E-state index is 0.0614. The molecule has 9 heteroatoms. The van der Waals surface area contributed by atoms with E-state index in [0.717, 1.165) is 44.4 Å². The Labute approximate surface area is 197 Å². The van der Waals surface area contributed by atoms with Gasteiger partial charge >= 0.3 is 6.03 Å². The first-order valence-corrected chi connectivity index (χ1v) is 11.3. The molecule has 4 rings (SSSR count). The molecule has 33 heavy (non-hydrogen) atoms. The number of ether oxygens (including phenoxy) is 2. The number of halogens is 3. The van der Waals surface area contributed by atoms with Gasteiger partial charge in [0.1, 0.15) is 11.5 Å². The molecule has 2 fully saturated rings. The molecule has 2 aromatic rings. The number of likely N-dealkylation sites (tertiary alicyclic amines) is 1. The van der Waals surface area contributed by atoms with E-state index in [1.54, 1.807) is 14.2 Å². The van der Waals surface area contributed by atoms with Crippen molar-refractivity contribution in [2.75, 3.05) is 33.1 Å². The normalized spacial score (nSPS) is 24.8. The van der Waals surface area contributed by atoms with Gasteiger partial charge in [-0.15, -0.1) is 0 Å². The number of benzene rings is 2. The Morgan fingerprint density at radius 2 is 1.91 bits per heavy atom. The second-order valence-corrected chi connectivity index (χ2v) is 9.17. The molecule has 1 aliphatic heterocycles. The third kappa shape index (κ3) is 4.34. The highest BCUT2D eigenvalue weighted by Gasteiger charge is 2.50. The Bertz CT molecular complexity index is 1050. The van der Waals surface area contributed by atoms with Crippen LogP contribution in [-0.4, -0.2) is 50.8 Å². The number of hydrogen-bond acceptors (Lipinski definition) is 4. The number of amides is 2. The zero-order valence-corrected chi connectivity index (χ0v) is 19.6. The first-order valence-electron chi connectivity index (χ1n) is 10.9. The second-order valence-electron chi connectivity index (χ2n) is 8.76. The number of likely N-dealkylation sites (N-methyl/N-ethyl adjacent to an activating group) is 1. The third-order valence-corrected chi connectivity index (χ3v) is 7.40. The topological polar surface area (TPSA) is 62.8 Å². The van der Waals surface area contributed by atoms with Crippen LogP contribution in [0.2, 0.25) is 5.02 Å². The molecule has 0 aromatic heterocycles. The molecule has 0 bridgehead atoms. The van der Waals surface area contributed by atoms with Crippen LogP contribution in [0.3, 0.4) is 0 Å². The molecule has 3 atom stereocenters. The number of methoxy groups -OCH3 is 2. The van der Waals surface area contributed by atoms with E-state index in [4.69, 9.17) is 21.1 Å². The summed E-state index contributed by atoms with van der Waals surface area (Å²) >= 11 is 5.72. The predicted molar refractivity (Wildman–Crippen MR) is 123 cm³/mol. The summed E-state index contributed by atoms with van der Waals surface area (Å²) in [5.41, 5.74) is 0.586. The summed E-state index contributed by atoms with van der Waals surface area (Å²) in [6, 6.07) is 7.63. The van der Waals surface area contributed by atoms with Crippen molar-refractivity contribution in [2.45, 2.75) is 43.2 Å². The van der Waals surface area contributed by atoms with Gasteiger partial charge in [0.25, 0.3) is 0 Å². The molecule has 1 aliphatic carbocycles. The number of rotatable bonds is 5. The number of carbonyl (C=O) groups excluding carboxylic acids is 1. The number of nitrogens with zero attached hydrogens (tertiary/aromatic N) is 1. The van der Waals surface area contributed by atoms with Crippen molar-refractivity contribution < 1.29 is 23.0 Å². The summed E-state index contributed by atoms with van der Waals surface area (Å²) in [7, 11) is 5.33. The van der Waals surface area contributed by atoms with Crippen molar-refractivity contribution in [3.05, 3.63) is 52.6 Å². The SMILES string of the molecule is COc1ccc([C@@]23CC[C@@H](NC(=O)Nc4c(F)ccc(Cl)c4F)C[C@@H]2N(C)CC3)cc1OC. The quantitative estimate of drug-likeness (QED) is 0.595. The minimum atomic E-state index is -0.988. The van der Waals surface area contributed by atoms with Gasteiger partial charge in [-0.1, -0.05) is 17.7 Å². The number of urea groups is 1. The van der Waals surface area contributed by atoms with E-state index >= 15 is 0 Å². The molecule has 0 radical (unpaired) electrons. The first kappa shape index (κ1) is 23.6. The Morgan fingerprint density at radius 1 is 1.15 bits per heavy atom. The van der Waals surface area contributed by atoms with Crippen molar-refractivity contribution in [1.29, 1.82) is 0 Å². The fourth-order valence-corrected chi connectivity index (χ4v) is 5.53. The van der Waals surface area contributed by atoms with Crippen molar-refractivity contribution in [2.24, 2.45) is 0 Å². The molecular weight excluding hydrogens is 452 g/mol. The van der Waals surface area contributed by atoms with Gasteiger partial charge in [-0.3, -0.25) is 0 Å². The highest BCUT2D eigenvalue weighted by Crippen LogP contribution is 2.49. The fourth-order valence-electron chi connectivity index (χ4n) is 5.37. The lowest BCUT2D eigenvalue weighted by Gasteiger charge is -2.45. The highest BCUT2D eigenvalue weighted by molar-refractivity contribution is 6.31. The van der Waals surface area contributed by atoms with Crippen LogP contribution in [0.5, 0.6) is 11.5 Å². The molecular formula is C24H28ClF2N3O3. The fraction of sp³-hybridized carbons (Fsp3) is 0.458. The average Bonchev–Trinajstić information content (AvgIpc) is 3.16. The Hall–Kier alpha value is -2.58. The van der Waals surface area contributed by atoms with Gasteiger partial charge in [0, 0.05) is 17.5 Å². The van der Waals surface area contributed by atoms with E-state index in [1.165, 1.54) is 5.56 Å². The van der Waals surface area contributed by atoms with E-state index in [1.807, 2.05) is 6.07 Å². The van der Waals surface area contributed by atoms with E-state index in [9.17, 15) is 13.6 Å². The van der Waals surface area contributed by atoms with E-state index in [2.05, 4.69) is 34.7 Å². The molecule has 1 heterocycles. The maximum atomic E-state index is 14.1. The number of carbonyl (C=O) groups is 1. The molecule has 2 N–H and O–H groups in total. The van der Waals surface area contributed by atoms with Crippen LogP contribution in [-0.2, 0) is 5.41 Å². The molecule has 1 saturated heterocycles. The van der Waals surface area contributed by atoms with Crippen LogP contribution in [0, 0.1) is 11.6 Å². The molecule has 2 aromatic carbocycles. The Balaban J connectivity index is 1.50. The lowest BCUT2D eigenvalue weighted by Crippen LogP contribution is -2.52. The van der Waals surface area contributed by atoms with Crippen molar-refractivity contribution in [3.63, 3.8) is 0 Å². The summed E-state index contributed by atoms with van der Waals surface area (Å²) in [4.78, 5) is 14.8. The lowest BCUT2D eigenvalue weighted by molar-refractivity contribution is 0.156. The maximum absolute atomic E-state index is 14.1. The van der Waals surface area contributed by atoms with Crippen LogP contribution in [0.4, 0.5) is 19.3 Å². The van der Waals surface area contributed by atoms with Crippen LogP contribution >= 0.6 is 11.6 Å². The third-order valence-electron chi connectivity index (χ3n) is 7.10. The van der Waals surface area contributed by atoms with Gasteiger partial charge < -0.3 is 25.0 Å². The summed E-state index contributed by atoms with van der Waals surface area (Å²) in [6.07, 6.45) is 3.33. The van der Waals surface area contributed by atoms with Crippen molar-refractivity contribution >= 4 is 23.3 Å². The Morgan fingerprint density at radius 3 is 2.64 bits per heavy atom. The van der Waals surface area contributed by atoms with E-state index < -0.39 is 23.4 Å². The van der Waals surface area contributed by atoms with Gasteiger partial charge in [-0.05, 0) is 69.1 Å². The molecule has 6 nitrogen and oxygen atoms in total. The van der Waals surface area contributed by atoms with Gasteiger partial charge in [-0.25, -0.2) is 13.6 Å². The van der Waals surface area contributed by atoms with Crippen LogP contribution in [0.1, 0.15) is 31.2 Å². The van der Waals surface area contributed by atoms with Gasteiger partial charge in [0.2, 0.25) is 0 Å². The van der Waals surface area contributed by atoms with Crippen LogP contribution in [0.25, 0.3) is 0 Å². The molecule has 1 saturated carbocycles. The van der Waals surface area contributed by atoms with Gasteiger partial charge in [0.15, 0.2) is 17.3 Å². The summed E-state index contributed by atoms with van der Waals surface area (Å²) < 4.78 is 39.0. The highest BCUT2D eigenvalue weighted by atomic mass is 35.5. The number of fused-ring (bicyclic) bond motifs is 1. The minimum Gasteiger partial charge on any atom is -0.493 e. The zero-order chi connectivity index (χ0) is 23.8. The lowest BCUT2D eigenvalue weighted by atomic mass is 9.65. The number of nitrogens with one attached hydrogen (secondary N) is 2. The van der Waals surface area contributed by atoms with Gasteiger partial charge in [-0.2, -0.15) is 0 Å². The van der Waals surface area contributed by atoms with Crippen LogP contribution in [0.15, 0.2) is 30.3 Å². The summed E-state index contributed by atoms with van der Waals surface area (Å²) in [6.45, 7) is 0.941. The summed E-state index contributed by atoms with van der Waals surface area (Å²) in [5, 5.41) is 4.91. The average molecular weight is 480 g/mol. The van der Waals surface area contributed by atoms with Crippen LogP contribution < -0.4 is 20.1 Å². The molecule has 2 aliphatic rings. The predicted octanol–water partition coefficient (Wildman–Crippen LogP) is 4.95. The van der Waals surface area contributed by atoms with Gasteiger partial charge in [0.05, 0.1) is 19.2 Å². The largest absolute Gasteiger partial charge is 0.493 e. The zero-order valence-electron chi connectivity index (χ0n) is 18.9. The van der Waals surface area contributed by atoms with E-state index in [-0.39, 0.29) is 22.5 Å².